The first-order valence-corrected chi connectivity index (χ1v) is 20.0. The van der Waals surface area contributed by atoms with Gasteiger partial charge in [0.25, 0.3) is 0 Å². The molecule has 4 aromatic rings. The number of piperidine rings is 1. The van der Waals surface area contributed by atoms with E-state index in [1.807, 2.05) is 4.90 Å². The Balaban J connectivity index is 1.11. The molecule has 5 aliphatic rings. The molecule has 3 saturated heterocycles. The van der Waals surface area contributed by atoms with Crippen molar-refractivity contribution < 1.29 is 37.9 Å². The van der Waals surface area contributed by atoms with Gasteiger partial charge in [-0.05, 0) is 100 Å². The van der Waals surface area contributed by atoms with Crippen LogP contribution in [0.4, 0.5) is 14.6 Å². The minimum atomic E-state index is -1.23. The van der Waals surface area contributed by atoms with Crippen LogP contribution in [0.1, 0.15) is 71.1 Å². The number of nitrogens with zero attached hydrogens (tertiary/aromatic N) is 5. The van der Waals surface area contributed by atoms with Crippen molar-refractivity contribution in [2.24, 2.45) is 10.8 Å². The lowest BCUT2D eigenvalue weighted by Gasteiger charge is -2.51. The molecule has 2 aliphatic carbocycles. The van der Waals surface area contributed by atoms with E-state index in [9.17, 15) is 10.2 Å². The van der Waals surface area contributed by atoms with Gasteiger partial charge < -0.3 is 34.1 Å². The summed E-state index contributed by atoms with van der Waals surface area (Å²) in [4.78, 5) is 18.8. The van der Waals surface area contributed by atoms with Crippen molar-refractivity contribution in [3.63, 3.8) is 0 Å². The summed E-state index contributed by atoms with van der Waals surface area (Å²) in [5.74, 6) is -1.27. The zero-order valence-corrected chi connectivity index (χ0v) is 31.8. The monoisotopic (exact) mass is 759 g/mol. The number of fused-ring (bicyclic) bond motifs is 3. The molecule has 0 radical (unpaired) electrons. The van der Waals surface area contributed by atoms with Crippen LogP contribution in [0.15, 0.2) is 30.3 Å². The van der Waals surface area contributed by atoms with E-state index >= 15 is 8.78 Å². The van der Waals surface area contributed by atoms with Crippen molar-refractivity contribution in [2.75, 3.05) is 64.7 Å². The fourth-order valence-electron chi connectivity index (χ4n) is 10.6. The number of aromatic nitrogens is 3. The van der Waals surface area contributed by atoms with Crippen LogP contribution in [0.3, 0.4) is 0 Å². The Morgan fingerprint density at radius 1 is 0.927 bits per heavy atom. The fourth-order valence-corrected chi connectivity index (χ4v) is 10.6. The number of aromatic hydroxyl groups is 1. The summed E-state index contributed by atoms with van der Waals surface area (Å²) in [6.07, 6.45) is 11.4. The molecule has 5 heterocycles. The molecule has 2 saturated carbocycles. The van der Waals surface area contributed by atoms with Crippen LogP contribution < -0.4 is 14.4 Å². The summed E-state index contributed by atoms with van der Waals surface area (Å²) in [6.45, 7) is 5.89. The number of ether oxygens (including phenoxy) is 4. The average Bonchev–Trinajstić information content (AvgIpc) is 3.78. The number of anilines is 1. The molecular weight excluding hydrogens is 708 g/mol. The maximum absolute atomic E-state index is 17.2. The molecule has 2 aromatic heterocycles. The highest BCUT2D eigenvalue weighted by molar-refractivity contribution is 6.02. The Morgan fingerprint density at radius 3 is 2.55 bits per heavy atom. The Morgan fingerprint density at radius 2 is 1.75 bits per heavy atom. The van der Waals surface area contributed by atoms with Crippen LogP contribution in [0.5, 0.6) is 17.6 Å². The lowest BCUT2D eigenvalue weighted by molar-refractivity contribution is -0.0405. The Hall–Kier alpha value is -3.91. The first-order valence-electron chi connectivity index (χ1n) is 20.0. The van der Waals surface area contributed by atoms with Crippen LogP contribution >= 0.6 is 0 Å². The number of phenols is 1. The van der Waals surface area contributed by atoms with Gasteiger partial charge in [0.05, 0.1) is 40.1 Å². The number of hydrogen-bond donors (Lipinski definition) is 2. The minimum absolute atomic E-state index is 0.00958. The van der Waals surface area contributed by atoms with E-state index < -0.39 is 17.2 Å². The van der Waals surface area contributed by atoms with Gasteiger partial charge in [0.2, 0.25) is 5.88 Å². The maximum atomic E-state index is 17.2. The van der Waals surface area contributed by atoms with E-state index in [0.29, 0.717) is 48.5 Å². The first kappa shape index (κ1) is 36.7. The third-order valence-corrected chi connectivity index (χ3v) is 13.3. The molecule has 13 heteroatoms. The van der Waals surface area contributed by atoms with Crippen molar-refractivity contribution in [1.82, 2.24) is 19.9 Å². The lowest BCUT2D eigenvalue weighted by atomic mass is 9.69. The third kappa shape index (κ3) is 6.64. The quantitative estimate of drug-likeness (QED) is 0.207. The van der Waals surface area contributed by atoms with Gasteiger partial charge in [0, 0.05) is 41.6 Å². The van der Waals surface area contributed by atoms with Gasteiger partial charge in [-0.15, -0.1) is 0 Å². The van der Waals surface area contributed by atoms with Crippen molar-refractivity contribution in [3.8, 4) is 28.9 Å². The van der Waals surface area contributed by atoms with Gasteiger partial charge in [-0.3, -0.25) is 4.90 Å². The molecule has 3 atom stereocenters. The van der Waals surface area contributed by atoms with Crippen LogP contribution in [0.25, 0.3) is 32.9 Å². The molecule has 294 valence electrons. The highest BCUT2D eigenvalue weighted by Gasteiger charge is 2.51. The van der Waals surface area contributed by atoms with Gasteiger partial charge in [-0.25, -0.2) is 13.8 Å². The van der Waals surface area contributed by atoms with Crippen LogP contribution in [-0.4, -0.2) is 108 Å². The molecule has 2 aromatic carbocycles. The normalized spacial score (nSPS) is 30.2. The van der Waals surface area contributed by atoms with E-state index in [4.69, 9.17) is 28.9 Å². The molecule has 0 amide bonds. The molecule has 55 heavy (non-hydrogen) atoms. The number of rotatable bonds is 7. The molecule has 9 rings (SSSR count). The number of hydrogen-bond acceptors (Lipinski definition) is 11. The zero-order chi connectivity index (χ0) is 38.0. The van der Waals surface area contributed by atoms with Crippen LogP contribution in [0, 0.1) is 22.5 Å². The summed E-state index contributed by atoms with van der Waals surface area (Å²) in [5.41, 5.74) is -1.22. The number of β-amino-alcohol motifs (C(OH)–C–C–N with tert-alkyl or cyclic N) is 1. The fraction of sp³-hybridized carbons (Fsp3) is 0.595. The summed E-state index contributed by atoms with van der Waals surface area (Å²) in [7, 11) is 1.42. The Labute approximate surface area is 319 Å². The molecule has 2 unspecified atom stereocenters. The van der Waals surface area contributed by atoms with Gasteiger partial charge in [-0.2, -0.15) is 9.97 Å². The van der Waals surface area contributed by atoms with Crippen molar-refractivity contribution in [1.29, 1.82) is 0 Å². The number of methoxy groups -OCH3 is 1. The minimum Gasteiger partial charge on any atom is -0.508 e. The molecule has 0 bridgehead atoms. The number of halogens is 2. The number of phenolic OH excluding ortho intramolecular Hbond substituents is 1. The second-order valence-electron chi connectivity index (χ2n) is 17.1. The van der Waals surface area contributed by atoms with E-state index in [-0.39, 0.29) is 63.8 Å². The third-order valence-electron chi connectivity index (χ3n) is 13.3. The lowest BCUT2D eigenvalue weighted by Crippen LogP contribution is -2.56. The SMILES string of the molecule is COc1nc(-c2cc(O)cc3cccc(F)c23)c(F)c2nc(OCC34CCCC3N(C3CCC5(CCOC5)CC3)CCC4)nc(N3CCOC[C@@](C)(O)C3)c12. The topological polar surface area (TPSA) is 123 Å². The van der Waals surface area contributed by atoms with Crippen molar-refractivity contribution >= 4 is 27.5 Å². The molecular formula is C42H51F2N5O6. The summed E-state index contributed by atoms with van der Waals surface area (Å²) >= 11 is 0. The summed E-state index contributed by atoms with van der Waals surface area (Å²) in [6, 6.07) is 8.15. The predicted octanol–water partition coefficient (Wildman–Crippen LogP) is 6.79. The molecule has 5 fully saturated rings. The van der Waals surface area contributed by atoms with E-state index in [1.54, 1.807) is 13.0 Å². The Bertz CT molecular complexity index is 2090. The van der Waals surface area contributed by atoms with Gasteiger partial charge in [-0.1, -0.05) is 18.6 Å². The number of benzene rings is 2. The van der Waals surface area contributed by atoms with Gasteiger partial charge in [0.1, 0.15) is 39.6 Å². The predicted molar refractivity (Wildman–Crippen MR) is 204 cm³/mol. The van der Waals surface area contributed by atoms with E-state index in [1.165, 1.54) is 63.5 Å². The zero-order valence-electron chi connectivity index (χ0n) is 31.8. The largest absolute Gasteiger partial charge is 0.508 e. The first-order chi connectivity index (χ1) is 26.6. The second-order valence-corrected chi connectivity index (χ2v) is 17.1. The van der Waals surface area contributed by atoms with Gasteiger partial charge >= 0.3 is 6.01 Å². The summed E-state index contributed by atoms with van der Waals surface area (Å²) in [5, 5.41) is 22.5. The summed E-state index contributed by atoms with van der Waals surface area (Å²) < 4.78 is 56.6. The molecule has 3 aliphatic heterocycles. The molecule has 11 nitrogen and oxygen atoms in total. The van der Waals surface area contributed by atoms with E-state index in [0.717, 1.165) is 51.9 Å². The number of aliphatic hydroxyl groups is 1. The Kier molecular flexibility index (Phi) is 9.50. The second kappa shape index (κ2) is 14.2. The maximum Gasteiger partial charge on any atom is 0.319 e. The van der Waals surface area contributed by atoms with Crippen molar-refractivity contribution in [3.05, 3.63) is 42.0 Å². The van der Waals surface area contributed by atoms with Gasteiger partial charge in [0.15, 0.2) is 5.82 Å². The van der Waals surface area contributed by atoms with Crippen LogP contribution in [-0.2, 0) is 9.47 Å². The highest BCUT2D eigenvalue weighted by atomic mass is 19.1. The number of pyridine rings is 1. The standard InChI is InChI=1S/C42H51F2N5O6/c1-40(51)22-48(17-19-54-23-40)37-33-36(34(44)35(45-38(33)52-2)29-21-28(50)20-26-6-3-7-30(43)32(26)29)46-39(47-37)55-25-42-11-4-8-31(42)49(16-5-12-42)27-9-13-41(14-10-27)15-18-53-24-41/h3,6-7,20-21,27,31,50-51H,4-5,8-19,22-25H2,1-2H3/t27?,31?,40-,41?,42?/m0/s1. The highest BCUT2D eigenvalue weighted by Crippen LogP contribution is 2.52. The average molecular weight is 760 g/mol. The smallest absolute Gasteiger partial charge is 0.319 e. The van der Waals surface area contributed by atoms with Crippen LogP contribution in [0.2, 0.25) is 0 Å². The van der Waals surface area contributed by atoms with E-state index in [2.05, 4.69) is 9.88 Å². The molecule has 1 spiro atoms. The number of likely N-dealkylation sites (tertiary alicyclic amines) is 1. The van der Waals surface area contributed by atoms with Crippen molar-refractivity contribution in [2.45, 2.75) is 88.8 Å². The molecule has 2 N–H and O–H groups in total.